The first-order chi connectivity index (χ1) is 10.6. The molecule has 11 heteroatoms. The zero-order chi connectivity index (χ0) is 16.5. The van der Waals surface area contributed by atoms with E-state index in [9.17, 15) is 8.42 Å². The number of hydrogen-bond donors (Lipinski definition) is 0. The Balaban J connectivity index is 3.07. The molecule has 0 aliphatic rings. The van der Waals surface area contributed by atoms with Crippen molar-refractivity contribution in [2.75, 3.05) is 72.3 Å². The molecule has 22 heavy (non-hydrogen) atoms. The molecule has 0 fully saturated rings. The zero-order valence-corrected chi connectivity index (χ0v) is 13.5. The average Bonchev–Trinajstić information content (AvgIpc) is 2.45. The van der Waals surface area contributed by atoms with Gasteiger partial charge in [-0.3, -0.25) is 4.18 Å². The van der Waals surface area contributed by atoms with Crippen molar-refractivity contribution < 1.29 is 31.5 Å². The molecule has 130 valence electrons. The molecule has 0 bridgehead atoms. The SMILES string of the molecule is CS(=O)(=O)OCCOCCOCCOCCOCCN=[N+]=[N-]. The molecule has 0 aliphatic carbocycles. The number of ether oxygens (including phenoxy) is 4. The summed E-state index contributed by atoms with van der Waals surface area (Å²) in [6.07, 6.45) is 0.988. The third-order valence-electron chi connectivity index (χ3n) is 2.04. The molecule has 10 nitrogen and oxygen atoms in total. The van der Waals surface area contributed by atoms with Crippen LogP contribution in [0.15, 0.2) is 5.11 Å². The molecule has 0 spiro atoms. The fraction of sp³-hybridized carbons (Fsp3) is 1.00. The van der Waals surface area contributed by atoms with Gasteiger partial charge in [0.15, 0.2) is 0 Å². The number of hydrogen-bond acceptors (Lipinski definition) is 8. The van der Waals surface area contributed by atoms with Gasteiger partial charge in [0, 0.05) is 11.5 Å². The van der Waals surface area contributed by atoms with Crippen LogP contribution in [0.1, 0.15) is 0 Å². The molecule has 0 N–H and O–H groups in total. The Morgan fingerprint density at radius 2 is 1.23 bits per heavy atom. The van der Waals surface area contributed by atoms with E-state index in [1.165, 1.54) is 0 Å². The molecular formula is C11H23N3O7S. The van der Waals surface area contributed by atoms with Gasteiger partial charge in [-0.25, -0.2) is 0 Å². The highest BCUT2D eigenvalue weighted by Gasteiger charge is 2.00. The third kappa shape index (κ3) is 19.1. The van der Waals surface area contributed by atoms with Crippen LogP contribution in [0.5, 0.6) is 0 Å². The first kappa shape index (κ1) is 21.1. The van der Waals surface area contributed by atoms with Gasteiger partial charge in [-0.1, -0.05) is 5.11 Å². The normalized spacial score (nSPS) is 11.3. The van der Waals surface area contributed by atoms with E-state index in [1.807, 2.05) is 0 Å². The van der Waals surface area contributed by atoms with Crippen LogP contribution < -0.4 is 0 Å². The van der Waals surface area contributed by atoms with Crippen molar-refractivity contribution >= 4 is 10.1 Å². The van der Waals surface area contributed by atoms with Gasteiger partial charge in [-0.15, -0.1) is 0 Å². The highest BCUT2D eigenvalue weighted by atomic mass is 32.2. The van der Waals surface area contributed by atoms with Crippen LogP contribution in [0.25, 0.3) is 10.4 Å². The lowest BCUT2D eigenvalue weighted by atomic mass is 10.7. The van der Waals surface area contributed by atoms with Gasteiger partial charge in [0.25, 0.3) is 10.1 Å². The van der Waals surface area contributed by atoms with Crippen molar-refractivity contribution in [2.24, 2.45) is 5.11 Å². The standard InChI is InChI=1S/C11H23N3O7S/c1-22(15,16)21-11-10-20-9-8-19-7-6-18-5-4-17-3-2-13-14-12/h2-11H2,1H3. The molecule has 0 aliphatic heterocycles. The fourth-order valence-electron chi connectivity index (χ4n) is 1.16. The average molecular weight is 341 g/mol. The van der Waals surface area contributed by atoms with Crippen LogP contribution in [0.4, 0.5) is 0 Å². The van der Waals surface area contributed by atoms with Gasteiger partial charge in [0.05, 0.1) is 65.7 Å². The predicted molar refractivity (Wildman–Crippen MR) is 78.1 cm³/mol. The third-order valence-corrected chi connectivity index (χ3v) is 2.63. The van der Waals surface area contributed by atoms with Crippen LogP contribution in [0, 0.1) is 0 Å². The molecule has 0 aromatic heterocycles. The molecule has 0 amide bonds. The van der Waals surface area contributed by atoms with Crippen LogP contribution in [-0.4, -0.2) is 80.7 Å². The summed E-state index contributed by atoms with van der Waals surface area (Å²) in [5.74, 6) is 0. The molecule has 0 atom stereocenters. The van der Waals surface area contributed by atoms with E-state index in [-0.39, 0.29) is 13.2 Å². The molecule has 0 rings (SSSR count). The molecule has 0 unspecified atom stereocenters. The molecular weight excluding hydrogens is 318 g/mol. The summed E-state index contributed by atoms with van der Waals surface area (Å²) in [6.45, 7) is 3.39. The van der Waals surface area contributed by atoms with Gasteiger partial charge in [-0.2, -0.15) is 8.42 Å². The van der Waals surface area contributed by atoms with Crippen molar-refractivity contribution in [1.29, 1.82) is 0 Å². The smallest absolute Gasteiger partial charge is 0.264 e. The molecule has 0 aromatic rings. The minimum atomic E-state index is -3.40. The van der Waals surface area contributed by atoms with E-state index in [0.29, 0.717) is 52.8 Å². The highest BCUT2D eigenvalue weighted by Crippen LogP contribution is 1.87. The quantitative estimate of drug-likeness (QED) is 0.130. The Morgan fingerprint density at radius 1 is 0.818 bits per heavy atom. The maximum atomic E-state index is 10.6. The summed E-state index contributed by atoms with van der Waals surface area (Å²) in [5.41, 5.74) is 8.03. The summed E-state index contributed by atoms with van der Waals surface area (Å²) >= 11 is 0. The second-order valence-corrected chi connectivity index (χ2v) is 5.57. The molecule has 0 saturated heterocycles. The van der Waals surface area contributed by atoms with E-state index >= 15 is 0 Å². The van der Waals surface area contributed by atoms with Gasteiger partial charge < -0.3 is 18.9 Å². The summed E-state index contributed by atoms with van der Waals surface area (Å²) in [4.78, 5) is 2.60. The van der Waals surface area contributed by atoms with Crippen molar-refractivity contribution in [1.82, 2.24) is 0 Å². The van der Waals surface area contributed by atoms with Gasteiger partial charge in [0.1, 0.15) is 0 Å². The van der Waals surface area contributed by atoms with Crippen LogP contribution in [0.3, 0.4) is 0 Å². The zero-order valence-electron chi connectivity index (χ0n) is 12.7. The minimum absolute atomic E-state index is 0.00161. The Morgan fingerprint density at radius 3 is 1.64 bits per heavy atom. The fourth-order valence-corrected chi connectivity index (χ4v) is 1.53. The van der Waals surface area contributed by atoms with E-state index in [1.54, 1.807) is 0 Å². The Labute approximate surface area is 130 Å². The lowest BCUT2D eigenvalue weighted by Gasteiger charge is -2.07. The minimum Gasteiger partial charge on any atom is -0.379 e. The second kappa shape index (κ2) is 15.0. The molecule has 0 radical (unpaired) electrons. The van der Waals surface area contributed by atoms with E-state index in [2.05, 4.69) is 14.2 Å². The topological polar surface area (TPSA) is 129 Å². The van der Waals surface area contributed by atoms with Crippen molar-refractivity contribution in [2.45, 2.75) is 0 Å². The summed E-state index contributed by atoms with van der Waals surface area (Å²) < 4.78 is 46.5. The van der Waals surface area contributed by atoms with Crippen LogP contribution >= 0.6 is 0 Å². The first-order valence-electron chi connectivity index (χ1n) is 6.72. The monoisotopic (exact) mass is 341 g/mol. The van der Waals surface area contributed by atoms with Gasteiger partial charge in [-0.05, 0) is 5.53 Å². The van der Waals surface area contributed by atoms with Crippen molar-refractivity contribution in [3.05, 3.63) is 10.4 Å². The van der Waals surface area contributed by atoms with Crippen molar-refractivity contribution in [3.63, 3.8) is 0 Å². The largest absolute Gasteiger partial charge is 0.379 e. The predicted octanol–water partition coefficient (Wildman–Crippen LogP) is 0.339. The summed E-state index contributed by atoms with van der Waals surface area (Å²) in [7, 11) is -3.40. The lowest BCUT2D eigenvalue weighted by Crippen LogP contribution is -2.14. The maximum absolute atomic E-state index is 10.6. The van der Waals surface area contributed by atoms with Crippen LogP contribution in [-0.2, 0) is 33.2 Å². The molecule has 0 saturated carbocycles. The summed E-state index contributed by atoms with van der Waals surface area (Å²) in [5, 5.41) is 3.32. The molecule has 0 aromatic carbocycles. The first-order valence-corrected chi connectivity index (χ1v) is 8.54. The van der Waals surface area contributed by atoms with E-state index < -0.39 is 10.1 Å². The highest BCUT2D eigenvalue weighted by molar-refractivity contribution is 7.85. The number of azide groups is 1. The van der Waals surface area contributed by atoms with Gasteiger partial charge in [0.2, 0.25) is 0 Å². The maximum Gasteiger partial charge on any atom is 0.264 e. The number of rotatable bonds is 16. The van der Waals surface area contributed by atoms with Crippen molar-refractivity contribution in [3.8, 4) is 0 Å². The van der Waals surface area contributed by atoms with E-state index in [4.69, 9.17) is 24.5 Å². The van der Waals surface area contributed by atoms with Crippen LogP contribution in [0.2, 0.25) is 0 Å². The lowest BCUT2D eigenvalue weighted by molar-refractivity contribution is -0.00363. The van der Waals surface area contributed by atoms with E-state index in [0.717, 1.165) is 6.26 Å². The second-order valence-electron chi connectivity index (χ2n) is 3.93. The Bertz CT molecular complexity index is 398. The Hall–Kier alpha value is -0.940. The molecule has 0 heterocycles. The number of nitrogens with zero attached hydrogens (tertiary/aromatic N) is 3. The summed E-state index contributed by atoms with van der Waals surface area (Å²) in [6, 6.07) is 0. The Kier molecular flexibility index (Phi) is 14.3. The van der Waals surface area contributed by atoms with Gasteiger partial charge >= 0.3 is 0 Å².